The number of guanidine groups is 1. The first kappa shape index (κ1) is 14.4. The van der Waals surface area contributed by atoms with Crippen molar-refractivity contribution in [1.82, 2.24) is 10.6 Å². The number of aliphatic imine (C=N–C) groups is 1. The highest BCUT2D eigenvalue weighted by atomic mass is 16.5. The van der Waals surface area contributed by atoms with Crippen molar-refractivity contribution >= 4 is 17.9 Å². The summed E-state index contributed by atoms with van der Waals surface area (Å²) < 4.78 is 5.13. The molecular formula is C9H16N4O5. The fourth-order valence-corrected chi connectivity index (χ4v) is 1.47. The highest BCUT2D eigenvalue weighted by Gasteiger charge is 2.34. The first-order valence-corrected chi connectivity index (χ1v) is 5.29. The Kier molecular flexibility index (Phi) is 5.01. The molecule has 18 heavy (non-hydrogen) atoms. The molecule has 1 heterocycles. The van der Waals surface area contributed by atoms with E-state index in [0.29, 0.717) is 0 Å². The predicted octanol–water partition coefficient (Wildman–Crippen LogP) is -2.38. The zero-order valence-electron chi connectivity index (χ0n) is 9.79. The number of nitrogens with zero attached hydrogens (tertiary/aromatic N) is 1. The largest absolute Gasteiger partial charge is 0.394 e. The molecule has 0 aromatic rings. The van der Waals surface area contributed by atoms with E-state index in [2.05, 4.69) is 15.6 Å². The number of aliphatic hydroxyl groups is 2. The minimum atomic E-state index is -0.850. The summed E-state index contributed by atoms with van der Waals surface area (Å²) in [6.45, 7) is 0.882. The molecule has 0 saturated carbocycles. The molecule has 0 aliphatic carbocycles. The highest BCUT2D eigenvalue weighted by Crippen LogP contribution is 2.18. The average molecular weight is 260 g/mol. The molecule has 3 atom stereocenters. The van der Waals surface area contributed by atoms with Gasteiger partial charge >= 0.3 is 6.03 Å². The number of hydrogen-bond donors (Lipinski definition) is 5. The first-order chi connectivity index (χ1) is 8.42. The van der Waals surface area contributed by atoms with Gasteiger partial charge in [0, 0.05) is 13.3 Å². The van der Waals surface area contributed by atoms with Gasteiger partial charge in [-0.3, -0.25) is 10.1 Å². The maximum atomic E-state index is 11.3. The van der Waals surface area contributed by atoms with Crippen LogP contribution in [0.3, 0.4) is 0 Å². The van der Waals surface area contributed by atoms with Crippen LogP contribution < -0.4 is 16.4 Å². The maximum absolute atomic E-state index is 11.3. The molecular weight excluding hydrogens is 244 g/mol. The Balaban J connectivity index is 2.44. The summed E-state index contributed by atoms with van der Waals surface area (Å²) in [5, 5.41) is 22.7. The van der Waals surface area contributed by atoms with Crippen molar-refractivity contribution in [2.45, 2.75) is 31.8 Å². The van der Waals surface area contributed by atoms with E-state index in [1.807, 2.05) is 0 Å². The van der Waals surface area contributed by atoms with Crippen molar-refractivity contribution in [3.8, 4) is 0 Å². The van der Waals surface area contributed by atoms with E-state index in [9.17, 15) is 14.7 Å². The van der Waals surface area contributed by atoms with Gasteiger partial charge in [-0.05, 0) is 0 Å². The third-order valence-electron chi connectivity index (χ3n) is 2.21. The third kappa shape index (κ3) is 4.28. The smallest absolute Gasteiger partial charge is 0.346 e. The second-order valence-corrected chi connectivity index (χ2v) is 3.78. The molecule has 1 fully saturated rings. The van der Waals surface area contributed by atoms with Gasteiger partial charge in [-0.25, -0.2) is 4.79 Å². The van der Waals surface area contributed by atoms with Gasteiger partial charge in [0.05, 0.1) is 12.7 Å². The first-order valence-electron chi connectivity index (χ1n) is 5.29. The summed E-state index contributed by atoms with van der Waals surface area (Å²) in [6, 6.07) is -0.808. The van der Waals surface area contributed by atoms with Crippen LogP contribution in [0.1, 0.15) is 13.3 Å². The zero-order chi connectivity index (χ0) is 13.7. The number of urea groups is 1. The molecule has 102 valence electrons. The highest BCUT2D eigenvalue weighted by molar-refractivity contribution is 6.00. The van der Waals surface area contributed by atoms with Crippen molar-refractivity contribution < 1.29 is 24.5 Å². The Morgan fingerprint density at radius 1 is 1.56 bits per heavy atom. The number of amides is 3. The molecule has 1 aliphatic heterocycles. The number of rotatable bonds is 2. The van der Waals surface area contributed by atoms with E-state index in [0.717, 1.165) is 0 Å². The van der Waals surface area contributed by atoms with Crippen molar-refractivity contribution in [2.24, 2.45) is 10.7 Å². The lowest BCUT2D eigenvalue weighted by atomic mass is 10.2. The lowest BCUT2D eigenvalue weighted by molar-refractivity contribution is -0.117. The minimum Gasteiger partial charge on any atom is -0.394 e. The van der Waals surface area contributed by atoms with Gasteiger partial charge in [-0.15, -0.1) is 0 Å². The summed E-state index contributed by atoms with van der Waals surface area (Å²) >= 11 is 0. The molecule has 1 saturated heterocycles. The Morgan fingerprint density at radius 2 is 2.22 bits per heavy atom. The lowest BCUT2D eigenvalue weighted by Gasteiger charge is -2.12. The number of hydrogen-bond acceptors (Lipinski definition) is 5. The van der Waals surface area contributed by atoms with E-state index in [-0.39, 0.29) is 19.0 Å². The number of carbonyl (C=O) groups excluding carboxylic acids is 2. The molecule has 0 unspecified atom stereocenters. The fourth-order valence-electron chi connectivity index (χ4n) is 1.47. The monoisotopic (exact) mass is 260 g/mol. The van der Waals surface area contributed by atoms with E-state index < -0.39 is 30.4 Å². The Labute approximate surface area is 103 Å². The Morgan fingerprint density at radius 3 is 2.72 bits per heavy atom. The molecule has 0 aromatic carbocycles. The summed E-state index contributed by atoms with van der Waals surface area (Å²) in [6.07, 6.45) is -2.19. The number of ether oxygens (including phenoxy) is 1. The quantitative estimate of drug-likeness (QED) is 0.276. The number of aliphatic hydroxyl groups excluding tert-OH is 2. The molecule has 0 bridgehead atoms. The van der Waals surface area contributed by atoms with E-state index in [4.69, 9.17) is 15.6 Å². The molecule has 3 amide bonds. The van der Waals surface area contributed by atoms with Crippen LogP contribution in [0.25, 0.3) is 0 Å². The van der Waals surface area contributed by atoms with Crippen LogP contribution in [0.2, 0.25) is 0 Å². The average Bonchev–Trinajstić information content (AvgIpc) is 2.56. The van der Waals surface area contributed by atoms with E-state index >= 15 is 0 Å². The number of nitrogens with two attached hydrogens (primary N) is 1. The zero-order valence-corrected chi connectivity index (χ0v) is 9.79. The summed E-state index contributed by atoms with van der Waals surface area (Å²) in [5.74, 6) is -0.783. The lowest BCUT2D eigenvalue weighted by Crippen LogP contribution is -2.39. The normalized spacial score (nSPS) is 27.9. The van der Waals surface area contributed by atoms with Gasteiger partial charge in [0.25, 0.3) is 0 Å². The van der Waals surface area contributed by atoms with Crippen LogP contribution in [0, 0.1) is 0 Å². The minimum absolute atomic E-state index is 0.145. The third-order valence-corrected chi connectivity index (χ3v) is 2.21. The molecule has 6 N–H and O–H groups in total. The van der Waals surface area contributed by atoms with Gasteiger partial charge in [0.2, 0.25) is 11.9 Å². The van der Waals surface area contributed by atoms with Crippen LogP contribution in [0.4, 0.5) is 4.79 Å². The fraction of sp³-hybridized carbons (Fsp3) is 0.667. The molecule has 9 heteroatoms. The van der Waals surface area contributed by atoms with E-state index in [1.165, 1.54) is 6.92 Å². The van der Waals surface area contributed by atoms with Crippen LogP contribution >= 0.6 is 0 Å². The van der Waals surface area contributed by atoms with Gasteiger partial charge in [0.1, 0.15) is 12.3 Å². The van der Waals surface area contributed by atoms with Crippen molar-refractivity contribution in [2.75, 3.05) is 6.61 Å². The second kappa shape index (κ2) is 6.28. The Bertz CT molecular complexity index is 359. The molecule has 0 spiro atoms. The molecule has 1 rings (SSSR count). The van der Waals surface area contributed by atoms with Crippen LogP contribution in [0.15, 0.2) is 4.99 Å². The van der Waals surface area contributed by atoms with Crippen LogP contribution in [-0.2, 0) is 9.53 Å². The van der Waals surface area contributed by atoms with Crippen molar-refractivity contribution in [1.29, 1.82) is 0 Å². The van der Waals surface area contributed by atoms with Gasteiger partial charge in [-0.1, -0.05) is 0 Å². The summed E-state index contributed by atoms with van der Waals surface area (Å²) in [7, 11) is 0. The van der Waals surface area contributed by atoms with Gasteiger partial charge in [0.15, 0.2) is 0 Å². The maximum Gasteiger partial charge on any atom is 0.346 e. The standard InChI is InChI=1S/C9H16N4O5/c1-4(15)11-8(10)13-9(17)12-7-2-5(16)6(3-14)18-7/h5-7,14,16H,2-3H2,1H3,(H4,10,11,12,13,15,17)/t5-,6-,7-/m1/s1. The van der Waals surface area contributed by atoms with E-state index in [1.54, 1.807) is 0 Å². The predicted molar refractivity (Wildman–Crippen MR) is 60.3 cm³/mol. The van der Waals surface area contributed by atoms with Gasteiger partial charge < -0.3 is 26.0 Å². The van der Waals surface area contributed by atoms with Gasteiger partial charge in [-0.2, -0.15) is 4.99 Å². The summed E-state index contributed by atoms with van der Waals surface area (Å²) in [4.78, 5) is 25.3. The van der Waals surface area contributed by atoms with Crippen LogP contribution in [-0.4, -0.2) is 53.2 Å². The number of carbonyl (C=O) groups is 2. The molecule has 9 nitrogen and oxygen atoms in total. The van der Waals surface area contributed by atoms with Crippen molar-refractivity contribution in [3.63, 3.8) is 0 Å². The van der Waals surface area contributed by atoms with Crippen molar-refractivity contribution in [3.05, 3.63) is 0 Å². The molecule has 1 aliphatic rings. The SMILES string of the molecule is CC(=O)N/C(N)=N\C(=O)N[C@H]1C[C@@H](O)[C@@H](CO)O1. The molecule has 0 radical (unpaired) electrons. The summed E-state index contributed by atoms with van der Waals surface area (Å²) in [5.41, 5.74) is 5.26. The molecule has 0 aromatic heterocycles. The van der Waals surface area contributed by atoms with Crippen LogP contribution in [0.5, 0.6) is 0 Å². The second-order valence-electron chi connectivity index (χ2n) is 3.78. The topological polar surface area (TPSA) is 146 Å². The number of nitrogens with one attached hydrogen (secondary N) is 2. The Hall–Kier alpha value is -1.71.